The molecule has 218 valence electrons. The van der Waals surface area contributed by atoms with Crippen LogP contribution in [0.4, 0.5) is 26.7 Å². The van der Waals surface area contributed by atoms with Crippen LogP contribution in [0.15, 0.2) is 48.5 Å². The van der Waals surface area contributed by atoms with E-state index < -0.39 is 30.1 Å². The molecule has 13 nitrogen and oxygen atoms in total. The van der Waals surface area contributed by atoms with Crippen molar-refractivity contribution in [3.63, 3.8) is 0 Å². The number of esters is 2. The molecular weight excluding hydrogens is 524 g/mol. The Hall–Kier alpha value is -4.36. The van der Waals surface area contributed by atoms with E-state index in [9.17, 15) is 29.4 Å². The van der Waals surface area contributed by atoms with E-state index in [2.05, 4.69) is 20.1 Å². The fraction of sp³-hybridized carbons (Fsp3) is 0.407. The number of aliphatic hydroxyl groups is 2. The number of aliphatic hydroxyl groups excluding tert-OH is 2. The molecule has 3 amide bonds. The number of urea groups is 1. The van der Waals surface area contributed by atoms with Crippen molar-refractivity contribution in [2.24, 2.45) is 0 Å². The number of methoxy groups -OCH3 is 2. The van der Waals surface area contributed by atoms with Gasteiger partial charge >= 0.3 is 24.1 Å². The molecule has 0 saturated heterocycles. The fourth-order valence-electron chi connectivity index (χ4n) is 3.61. The number of nitrogens with one attached hydrogen (secondary N) is 2. The molecule has 0 spiro atoms. The van der Waals surface area contributed by atoms with Gasteiger partial charge in [-0.3, -0.25) is 9.69 Å². The van der Waals surface area contributed by atoms with Gasteiger partial charge in [0.05, 0.1) is 27.4 Å². The van der Waals surface area contributed by atoms with Crippen molar-refractivity contribution in [2.75, 3.05) is 62.7 Å². The molecule has 0 aliphatic heterocycles. The number of rotatable bonds is 14. The van der Waals surface area contributed by atoms with Crippen LogP contribution >= 0.6 is 0 Å². The maximum atomic E-state index is 12.5. The average Bonchev–Trinajstić information content (AvgIpc) is 2.97. The molecule has 2 aromatic rings. The molecule has 1 unspecified atom stereocenters. The maximum absolute atomic E-state index is 12.5. The quantitative estimate of drug-likeness (QED) is 0.198. The molecule has 4 N–H and O–H groups in total. The van der Waals surface area contributed by atoms with Gasteiger partial charge in [0, 0.05) is 43.6 Å². The van der Waals surface area contributed by atoms with Crippen molar-refractivity contribution >= 4 is 41.1 Å². The van der Waals surface area contributed by atoms with Crippen molar-refractivity contribution in [1.29, 1.82) is 0 Å². The fourth-order valence-corrected chi connectivity index (χ4v) is 3.61. The zero-order valence-corrected chi connectivity index (χ0v) is 22.8. The average molecular weight is 561 g/mol. The molecular formula is C27H36N4O9. The zero-order valence-electron chi connectivity index (χ0n) is 22.8. The lowest BCUT2D eigenvalue weighted by molar-refractivity contribution is -0.144. The highest BCUT2D eigenvalue weighted by atomic mass is 16.6. The second-order valence-electron chi connectivity index (χ2n) is 8.55. The highest BCUT2D eigenvalue weighted by molar-refractivity contribution is 5.92. The van der Waals surface area contributed by atoms with Gasteiger partial charge < -0.3 is 40.0 Å². The topological polar surface area (TPSA) is 167 Å². The summed E-state index contributed by atoms with van der Waals surface area (Å²) in [6, 6.07) is 11.9. The van der Waals surface area contributed by atoms with Crippen LogP contribution in [0.2, 0.25) is 0 Å². The third-order valence-corrected chi connectivity index (χ3v) is 5.85. The van der Waals surface area contributed by atoms with Crippen LogP contribution in [-0.4, -0.2) is 87.9 Å². The molecule has 0 heterocycles. The molecule has 0 aromatic heterocycles. The number of carbonyl (C=O) groups excluding carboxylic acids is 4. The first-order valence-electron chi connectivity index (χ1n) is 12.5. The molecule has 2 rings (SSSR count). The lowest BCUT2D eigenvalue weighted by atomic mass is 10.1. The molecule has 1 atom stereocenters. The van der Waals surface area contributed by atoms with Crippen molar-refractivity contribution in [2.45, 2.75) is 25.5 Å². The Morgan fingerprint density at radius 1 is 0.875 bits per heavy atom. The number of nitrogens with zero attached hydrogens (tertiary/aromatic N) is 2. The standard InChI is InChI=1S/C27H36N4O9/c1-30(21-8-10-22(11-9-21)31(14-16-32)15-17-33)27(37)40-18-19-4-6-20(7-5-19)28-26(36)29-23(25(35)39-3)12-13-24(34)38-2/h4-11,23,32-33H,12-18H2,1-3H3,(H2,28,29,36). The third-order valence-electron chi connectivity index (χ3n) is 5.85. The summed E-state index contributed by atoms with van der Waals surface area (Å²) in [5.74, 6) is -1.21. The first-order chi connectivity index (χ1) is 19.2. The lowest BCUT2D eigenvalue weighted by Gasteiger charge is -2.24. The molecule has 0 saturated carbocycles. The summed E-state index contributed by atoms with van der Waals surface area (Å²) in [5, 5.41) is 23.5. The highest BCUT2D eigenvalue weighted by Gasteiger charge is 2.23. The predicted molar refractivity (Wildman–Crippen MR) is 147 cm³/mol. The second-order valence-corrected chi connectivity index (χ2v) is 8.55. The van der Waals surface area contributed by atoms with Crippen LogP contribution in [-0.2, 0) is 30.4 Å². The Bertz CT molecular complexity index is 1100. The summed E-state index contributed by atoms with van der Waals surface area (Å²) in [4.78, 5) is 51.4. The van der Waals surface area contributed by atoms with Crippen molar-refractivity contribution in [1.82, 2.24) is 5.32 Å². The van der Waals surface area contributed by atoms with Gasteiger partial charge in [0.1, 0.15) is 12.6 Å². The van der Waals surface area contributed by atoms with Crippen LogP contribution in [0.1, 0.15) is 18.4 Å². The van der Waals surface area contributed by atoms with E-state index in [-0.39, 0.29) is 32.7 Å². The van der Waals surface area contributed by atoms with E-state index in [0.29, 0.717) is 30.0 Å². The minimum absolute atomic E-state index is 0.00749. The van der Waals surface area contributed by atoms with Gasteiger partial charge in [-0.2, -0.15) is 0 Å². The second kappa shape index (κ2) is 16.6. The number of ether oxygens (including phenoxy) is 3. The number of benzene rings is 2. The van der Waals surface area contributed by atoms with Gasteiger partial charge in [0.15, 0.2) is 0 Å². The smallest absolute Gasteiger partial charge is 0.414 e. The summed E-state index contributed by atoms with van der Waals surface area (Å²) in [6.07, 6.45) is -0.627. The number of hydrogen-bond acceptors (Lipinski definition) is 10. The summed E-state index contributed by atoms with van der Waals surface area (Å²) < 4.78 is 14.6. The Morgan fingerprint density at radius 3 is 2.02 bits per heavy atom. The van der Waals surface area contributed by atoms with E-state index in [0.717, 1.165) is 5.69 Å². The number of anilines is 3. The Morgan fingerprint density at radius 2 is 1.48 bits per heavy atom. The van der Waals surface area contributed by atoms with Gasteiger partial charge in [-0.1, -0.05) is 12.1 Å². The van der Waals surface area contributed by atoms with Gasteiger partial charge in [-0.05, 0) is 48.4 Å². The van der Waals surface area contributed by atoms with E-state index in [1.807, 2.05) is 4.90 Å². The predicted octanol–water partition coefficient (Wildman–Crippen LogP) is 1.87. The number of carbonyl (C=O) groups is 4. The zero-order chi connectivity index (χ0) is 29.5. The van der Waals surface area contributed by atoms with Crippen LogP contribution in [0.3, 0.4) is 0 Å². The minimum atomic E-state index is -1.03. The molecule has 0 aliphatic rings. The Kier molecular flexibility index (Phi) is 13.2. The summed E-state index contributed by atoms with van der Waals surface area (Å²) in [6.45, 7) is 0.648. The minimum Gasteiger partial charge on any atom is -0.469 e. The van der Waals surface area contributed by atoms with Crippen LogP contribution in [0.5, 0.6) is 0 Å². The van der Waals surface area contributed by atoms with Crippen LogP contribution in [0.25, 0.3) is 0 Å². The Labute approximate surface area is 232 Å². The monoisotopic (exact) mass is 560 g/mol. The van der Waals surface area contributed by atoms with Gasteiger partial charge in [0.25, 0.3) is 0 Å². The van der Waals surface area contributed by atoms with Crippen molar-refractivity contribution in [3.8, 4) is 0 Å². The summed E-state index contributed by atoms with van der Waals surface area (Å²) in [7, 11) is 3.99. The van der Waals surface area contributed by atoms with Crippen molar-refractivity contribution < 1.29 is 43.6 Å². The van der Waals surface area contributed by atoms with Crippen molar-refractivity contribution in [3.05, 3.63) is 54.1 Å². The molecule has 13 heteroatoms. The maximum Gasteiger partial charge on any atom is 0.414 e. The normalized spacial score (nSPS) is 11.1. The summed E-state index contributed by atoms with van der Waals surface area (Å²) >= 11 is 0. The van der Waals surface area contributed by atoms with E-state index >= 15 is 0 Å². The number of amides is 3. The molecule has 0 aliphatic carbocycles. The Balaban J connectivity index is 1.88. The van der Waals surface area contributed by atoms with E-state index in [1.165, 1.54) is 19.1 Å². The van der Waals surface area contributed by atoms with Crippen LogP contribution < -0.4 is 20.4 Å². The van der Waals surface area contributed by atoms with E-state index in [1.54, 1.807) is 55.6 Å². The first-order valence-corrected chi connectivity index (χ1v) is 12.5. The number of hydrogen-bond donors (Lipinski definition) is 4. The molecule has 40 heavy (non-hydrogen) atoms. The largest absolute Gasteiger partial charge is 0.469 e. The third kappa shape index (κ3) is 10.1. The van der Waals surface area contributed by atoms with Gasteiger partial charge in [0.2, 0.25) is 0 Å². The van der Waals surface area contributed by atoms with Gasteiger partial charge in [-0.25, -0.2) is 14.4 Å². The molecule has 0 radical (unpaired) electrons. The van der Waals surface area contributed by atoms with Crippen LogP contribution in [0, 0.1) is 0 Å². The molecule has 2 aromatic carbocycles. The SMILES string of the molecule is COC(=O)CCC(NC(=O)Nc1ccc(COC(=O)N(C)c2ccc(N(CCO)CCO)cc2)cc1)C(=O)OC. The van der Waals surface area contributed by atoms with Gasteiger partial charge in [-0.15, -0.1) is 0 Å². The summed E-state index contributed by atoms with van der Waals surface area (Å²) in [5.41, 5.74) is 2.51. The molecule has 0 bridgehead atoms. The highest BCUT2D eigenvalue weighted by Crippen LogP contribution is 2.21. The molecule has 0 fully saturated rings. The van der Waals surface area contributed by atoms with E-state index in [4.69, 9.17) is 4.74 Å². The lowest BCUT2D eigenvalue weighted by Crippen LogP contribution is -2.43. The first kappa shape index (κ1) is 31.9.